The summed E-state index contributed by atoms with van der Waals surface area (Å²) in [6.45, 7) is 5.73. The zero-order valence-electron chi connectivity index (χ0n) is 24.0. The average Bonchev–Trinajstić information content (AvgIpc) is 2.93. The first-order chi connectivity index (χ1) is 20.0. The van der Waals surface area contributed by atoms with Gasteiger partial charge in [0, 0.05) is 18.7 Å². The number of amides is 2. The van der Waals surface area contributed by atoms with Gasteiger partial charge in [-0.3, -0.25) is 13.9 Å². The van der Waals surface area contributed by atoms with Crippen molar-refractivity contribution >= 4 is 39.1 Å². The summed E-state index contributed by atoms with van der Waals surface area (Å²) >= 11 is 5.78. The zero-order chi connectivity index (χ0) is 32.1. The van der Waals surface area contributed by atoms with E-state index in [-0.39, 0.29) is 22.9 Å². The Labute approximate surface area is 253 Å². The van der Waals surface area contributed by atoms with Crippen LogP contribution in [0.4, 0.5) is 23.2 Å². The van der Waals surface area contributed by atoms with E-state index in [1.807, 2.05) is 13.8 Å². The number of benzene rings is 3. The quantitative estimate of drug-likeness (QED) is 0.253. The number of nitrogens with zero attached hydrogens (tertiary/aromatic N) is 2. The maximum Gasteiger partial charge on any atom is 0.417 e. The number of anilines is 1. The van der Waals surface area contributed by atoms with Gasteiger partial charge in [-0.1, -0.05) is 61.3 Å². The van der Waals surface area contributed by atoms with Crippen LogP contribution in [-0.2, 0) is 32.3 Å². The van der Waals surface area contributed by atoms with Crippen LogP contribution in [0.1, 0.15) is 37.5 Å². The lowest BCUT2D eigenvalue weighted by molar-refractivity contribution is -0.139. The van der Waals surface area contributed by atoms with Crippen LogP contribution < -0.4 is 9.62 Å². The van der Waals surface area contributed by atoms with E-state index in [4.69, 9.17) is 11.6 Å². The van der Waals surface area contributed by atoms with Crippen molar-refractivity contribution < 1.29 is 35.6 Å². The van der Waals surface area contributed by atoms with E-state index in [9.17, 15) is 35.6 Å². The van der Waals surface area contributed by atoms with Crippen LogP contribution in [-0.4, -0.2) is 44.3 Å². The maximum atomic E-state index is 14.6. The molecule has 13 heteroatoms. The van der Waals surface area contributed by atoms with Gasteiger partial charge in [-0.25, -0.2) is 12.8 Å². The molecule has 1 N–H and O–H groups in total. The van der Waals surface area contributed by atoms with Gasteiger partial charge >= 0.3 is 6.18 Å². The second-order valence-corrected chi connectivity index (χ2v) is 12.7. The highest BCUT2D eigenvalue weighted by molar-refractivity contribution is 7.92. The summed E-state index contributed by atoms with van der Waals surface area (Å²) in [6, 6.07) is 12.4. The van der Waals surface area contributed by atoms with Gasteiger partial charge in [0.05, 0.1) is 21.2 Å². The van der Waals surface area contributed by atoms with Crippen molar-refractivity contribution in [3.63, 3.8) is 0 Å². The van der Waals surface area contributed by atoms with Crippen LogP contribution in [0, 0.1) is 18.7 Å². The van der Waals surface area contributed by atoms with E-state index >= 15 is 0 Å². The summed E-state index contributed by atoms with van der Waals surface area (Å²) in [5.74, 6) is -2.10. The molecular weight excluding hydrogens is 610 g/mol. The minimum Gasteiger partial charge on any atom is -0.354 e. The Hall–Kier alpha value is -3.64. The summed E-state index contributed by atoms with van der Waals surface area (Å²) in [5.41, 5.74) is -0.996. The number of hydrogen-bond donors (Lipinski definition) is 1. The van der Waals surface area contributed by atoms with Crippen molar-refractivity contribution in [2.24, 2.45) is 5.92 Å². The summed E-state index contributed by atoms with van der Waals surface area (Å²) in [7, 11) is -4.62. The van der Waals surface area contributed by atoms with E-state index in [1.54, 1.807) is 6.92 Å². The molecule has 0 radical (unpaired) electrons. The molecule has 0 spiro atoms. The van der Waals surface area contributed by atoms with Crippen molar-refractivity contribution in [3.05, 3.63) is 94.3 Å². The fourth-order valence-electron chi connectivity index (χ4n) is 4.10. The molecule has 3 aromatic rings. The molecule has 0 fully saturated rings. The molecule has 0 saturated heterocycles. The highest BCUT2D eigenvalue weighted by atomic mass is 35.5. The predicted molar refractivity (Wildman–Crippen MR) is 156 cm³/mol. The Morgan fingerprint density at radius 1 is 0.977 bits per heavy atom. The minimum atomic E-state index is -4.92. The third-order valence-electron chi connectivity index (χ3n) is 6.58. The van der Waals surface area contributed by atoms with Crippen LogP contribution >= 0.6 is 11.6 Å². The van der Waals surface area contributed by atoms with Gasteiger partial charge in [0.15, 0.2) is 0 Å². The fourth-order valence-corrected chi connectivity index (χ4v) is 5.73. The van der Waals surface area contributed by atoms with Crippen molar-refractivity contribution in [2.75, 3.05) is 17.4 Å². The average molecular weight is 642 g/mol. The lowest BCUT2D eigenvalue weighted by atomic mass is 10.1. The summed E-state index contributed by atoms with van der Waals surface area (Å²) in [6.07, 6.45) is -4.92. The van der Waals surface area contributed by atoms with Crippen LogP contribution in [0.15, 0.2) is 71.6 Å². The number of carbonyl (C=O) groups excluding carboxylic acids is 2. The molecule has 43 heavy (non-hydrogen) atoms. The normalized spacial score (nSPS) is 12.6. The molecule has 0 unspecified atom stereocenters. The molecule has 232 valence electrons. The van der Waals surface area contributed by atoms with Gasteiger partial charge in [-0.2, -0.15) is 13.2 Å². The second kappa shape index (κ2) is 13.8. The number of hydrogen-bond acceptors (Lipinski definition) is 4. The van der Waals surface area contributed by atoms with Crippen LogP contribution in [0.5, 0.6) is 0 Å². The van der Waals surface area contributed by atoms with Crippen molar-refractivity contribution in [2.45, 2.75) is 51.4 Å². The molecule has 0 saturated carbocycles. The number of aryl methyl sites for hydroxylation is 1. The molecule has 0 aromatic heterocycles. The number of rotatable bonds is 11. The Morgan fingerprint density at radius 3 is 2.19 bits per heavy atom. The van der Waals surface area contributed by atoms with Crippen LogP contribution in [0.2, 0.25) is 5.02 Å². The molecule has 1 atom stereocenters. The van der Waals surface area contributed by atoms with Crippen LogP contribution in [0.25, 0.3) is 0 Å². The first kappa shape index (κ1) is 33.9. The van der Waals surface area contributed by atoms with Gasteiger partial charge in [-0.05, 0) is 56.2 Å². The number of sulfonamides is 1. The van der Waals surface area contributed by atoms with Gasteiger partial charge in [0.2, 0.25) is 11.8 Å². The monoisotopic (exact) mass is 641 g/mol. The highest BCUT2D eigenvalue weighted by Gasteiger charge is 2.37. The Kier molecular flexibility index (Phi) is 10.8. The molecule has 3 aromatic carbocycles. The Morgan fingerprint density at radius 2 is 1.60 bits per heavy atom. The molecule has 0 heterocycles. The predicted octanol–water partition coefficient (Wildman–Crippen LogP) is 6.19. The molecule has 0 aliphatic rings. The topological polar surface area (TPSA) is 86.8 Å². The zero-order valence-corrected chi connectivity index (χ0v) is 25.5. The smallest absolute Gasteiger partial charge is 0.354 e. The Balaban J connectivity index is 2.12. The fraction of sp³-hybridized carbons (Fsp3) is 0.333. The largest absolute Gasteiger partial charge is 0.417 e. The molecule has 7 nitrogen and oxygen atoms in total. The molecular formula is C30H32ClF4N3O4S. The first-order valence-corrected chi connectivity index (χ1v) is 15.1. The molecule has 0 aliphatic heterocycles. The van der Waals surface area contributed by atoms with E-state index in [2.05, 4.69) is 5.32 Å². The van der Waals surface area contributed by atoms with E-state index in [1.165, 1.54) is 55.5 Å². The summed E-state index contributed by atoms with van der Waals surface area (Å²) in [5, 5.41) is 2.04. The third-order valence-corrected chi connectivity index (χ3v) is 8.70. The highest BCUT2D eigenvalue weighted by Crippen LogP contribution is 2.38. The van der Waals surface area contributed by atoms with E-state index in [0.717, 1.165) is 22.6 Å². The van der Waals surface area contributed by atoms with Crippen molar-refractivity contribution in [3.8, 4) is 0 Å². The van der Waals surface area contributed by atoms with Gasteiger partial charge < -0.3 is 10.2 Å². The van der Waals surface area contributed by atoms with Gasteiger partial charge in [0.25, 0.3) is 10.0 Å². The van der Waals surface area contributed by atoms with Gasteiger partial charge in [0.1, 0.15) is 18.4 Å². The summed E-state index contributed by atoms with van der Waals surface area (Å²) in [4.78, 5) is 27.6. The summed E-state index contributed by atoms with van der Waals surface area (Å²) < 4.78 is 84.1. The third kappa shape index (κ3) is 8.47. The lowest BCUT2D eigenvalue weighted by Crippen LogP contribution is -2.51. The van der Waals surface area contributed by atoms with Crippen molar-refractivity contribution in [1.29, 1.82) is 0 Å². The lowest BCUT2D eigenvalue weighted by Gasteiger charge is -2.32. The second-order valence-electron chi connectivity index (χ2n) is 10.4. The molecule has 3 rings (SSSR count). The first-order valence-electron chi connectivity index (χ1n) is 13.3. The van der Waals surface area contributed by atoms with E-state index < -0.39 is 69.2 Å². The number of alkyl halides is 3. The number of nitrogens with one attached hydrogen (secondary N) is 1. The van der Waals surface area contributed by atoms with E-state index in [0.29, 0.717) is 10.4 Å². The Bertz CT molecular complexity index is 1560. The van der Waals surface area contributed by atoms with Crippen molar-refractivity contribution in [1.82, 2.24) is 10.2 Å². The maximum absolute atomic E-state index is 14.6. The molecule has 0 bridgehead atoms. The minimum absolute atomic E-state index is 0.0538. The van der Waals surface area contributed by atoms with Crippen LogP contribution in [0.3, 0.4) is 0 Å². The molecule has 0 aliphatic carbocycles. The molecule has 2 amide bonds. The van der Waals surface area contributed by atoms with Gasteiger partial charge in [-0.15, -0.1) is 0 Å². The number of carbonyl (C=O) groups is 2. The number of halogens is 5. The SMILES string of the molecule is Cc1ccc(S(=O)(=O)N(CC(=O)N(Cc2ccccc2F)[C@@H](C)C(=O)NCC(C)C)c2ccc(Cl)c(C(F)(F)F)c2)cc1. The standard InChI is InChI=1S/C30H32ClF4N3O4S/c1-19(2)16-36-29(40)21(4)37(17-22-7-5-6-8-27(22)32)28(39)18-38(43(41,42)24-12-9-20(3)10-13-24)23-11-14-26(31)25(15-23)30(33,34)35/h5-15,19,21H,16-18H2,1-4H3,(H,36,40)/t21-/m0/s1.